The topological polar surface area (TPSA) is 35.5 Å². The summed E-state index contributed by atoms with van der Waals surface area (Å²) < 4.78 is 11.4. The molecule has 0 aromatic heterocycles. The highest BCUT2D eigenvalue weighted by Crippen LogP contribution is 2.16. The van der Waals surface area contributed by atoms with Crippen LogP contribution in [-0.4, -0.2) is 28.8 Å². The molecule has 122 valence electrons. The van der Waals surface area contributed by atoms with E-state index in [1.165, 1.54) is 0 Å². The van der Waals surface area contributed by atoms with Crippen molar-refractivity contribution >= 4 is 20.3 Å². The molecule has 0 saturated heterocycles. The predicted molar refractivity (Wildman–Crippen MR) is 95.7 cm³/mol. The van der Waals surface area contributed by atoms with Crippen molar-refractivity contribution in [3.63, 3.8) is 0 Å². The van der Waals surface area contributed by atoms with Crippen molar-refractivity contribution in [2.24, 2.45) is 0 Å². The molecular formula is C19H24O3Si. The molecule has 0 radical (unpaired) electrons. The quantitative estimate of drug-likeness (QED) is 0.552. The fourth-order valence-corrected chi connectivity index (χ4v) is 4.47. The Kier molecular flexibility index (Phi) is 6.71. The molecule has 0 N–H and O–H groups in total. The van der Waals surface area contributed by atoms with E-state index >= 15 is 0 Å². The van der Waals surface area contributed by atoms with Crippen LogP contribution in [0.2, 0.25) is 0 Å². The lowest BCUT2D eigenvalue weighted by Crippen LogP contribution is -2.39. The van der Waals surface area contributed by atoms with E-state index in [1.54, 1.807) is 7.11 Å². The van der Waals surface area contributed by atoms with Crippen molar-refractivity contribution in [1.82, 2.24) is 0 Å². The van der Waals surface area contributed by atoms with Gasteiger partial charge in [0.25, 0.3) is 0 Å². The molecule has 0 aliphatic carbocycles. The molecule has 23 heavy (non-hydrogen) atoms. The summed E-state index contributed by atoms with van der Waals surface area (Å²) in [5, 5.41) is 1.08. The number of benzene rings is 2. The van der Waals surface area contributed by atoms with Gasteiger partial charge in [0.2, 0.25) is 0 Å². The van der Waals surface area contributed by atoms with Crippen LogP contribution in [0.3, 0.4) is 0 Å². The highest BCUT2D eigenvalue weighted by atomic mass is 28.3. The van der Waals surface area contributed by atoms with Crippen molar-refractivity contribution in [2.75, 3.05) is 13.7 Å². The smallest absolute Gasteiger partial charge is 0.355 e. The standard InChI is InChI=1S/C19H24O3Si/c1-4-10-16-17(19(20)15-11-7-6-8-12-15)13-9-14-18(16)23(21-3)22-5-2/h6-9,11-14,23H,4-5,10H2,1-3H3. The van der Waals surface area contributed by atoms with E-state index < -0.39 is 9.28 Å². The van der Waals surface area contributed by atoms with Crippen LogP contribution in [0.4, 0.5) is 0 Å². The molecular weight excluding hydrogens is 304 g/mol. The maximum atomic E-state index is 12.9. The van der Waals surface area contributed by atoms with Gasteiger partial charge in [-0.15, -0.1) is 0 Å². The molecule has 1 atom stereocenters. The van der Waals surface area contributed by atoms with Gasteiger partial charge in [-0.3, -0.25) is 4.79 Å². The minimum Gasteiger partial charge on any atom is -0.397 e. The van der Waals surface area contributed by atoms with E-state index in [4.69, 9.17) is 8.85 Å². The molecule has 0 heterocycles. The fourth-order valence-electron chi connectivity index (χ4n) is 2.75. The Hall–Kier alpha value is -1.75. The van der Waals surface area contributed by atoms with Crippen LogP contribution in [0.1, 0.15) is 41.8 Å². The first-order valence-electron chi connectivity index (χ1n) is 8.08. The van der Waals surface area contributed by atoms with Gasteiger partial charge in [-0.05, 0) is 24.1 Å². The molecule has 0 fully saturated rings. The predicted octanol–water partition coefficient (Wildman–Crippen LogP) is 2.98. The van der Waals surface area contributed by atoms with Crippen LogP contribution < -0.4 is 5.19 Å². The van der Waals surface area contributed by atoms with Gasteiger partial charge in [0.15, 0.2) is 5.78 Å². The van der Waals surface area contributed by atoms with Gasteiger partial charge < -0.3 is 8.85 Å². The summed E-state index contributed by atoms with van der Waals surface area (Å²) in [5.41, 5.74) is 2.56. The molecule has 0 amide bonds. The second-order valence-electron chi connectivity index (χ2n) is 5.34. The SMILES string of the molecule is CCCc1c(C(=O)c2ccccc2)cccc1[SiH](OC)OCC. The highest BCUT2D eigenvalue weighted by molar-refractivity contribution is 6.62. The number of hydrogen-bond donors (Lipinski definition) is 0. The van der Waals surface area contributed by atoms with Crippen LogP contribution in [-0.2, 0) is 15.3 Å². The maximum absolute atomic E-state index is 12.9. The summed E-state index contributed by atoms with van der Waals surface area (Å²) in [6.07, 6.45) is 1.83. The minimum absolute atomic E-state index is 0.0660. The molecule has 2 aromatic carbocycles. The van der Waals surface area contributed by atoms with Gasteiger partial charge in [-0.2, -0.15) is 0 Å². The largest absolute Gasteiger partial charge is 0.397 e. The van der Waals surface area contributed by atoms with Gasteiger partial charge in [-0.25, -0.2) is 0 Å². The van der Waals surface area contributed by atoms with Gasteiger partial charge in [-0.1, -0.05) is 61.9 Å². The van der Waals surface area contributed by atoms with Crippen molar-refractivity contribution in [2.45, 2.75) is 26.7 Å². The average Bonchev–Trinajstić information content (AvgIpc) is 2.60. The molecule has 1 unspecified atom stereocenters. The first-order valence-corrected chi connectivity index (χ1v) is 9.60. The van der Waals surface area contributed by atoms with Crippen LogP contribution in [0.5, 0.6) is 0 Å². The Morgan fingerprint density at radius 3 is 2.39 bits per heavy atom. The van der Waals surface area contributed by atoms with E-state index in [0.29, 0.717) is 12.2 Å². The van der Waals surface area contributed by atoms with E-state index in [-0.39, 0.29) is 5.78 Å². The molecule has 0 bridgehead atoms. The van der Waals surface area contributed by atoms with Crippen LogP contribution in [0.15, 0.2) is 48.5 Å². The van der Waals surface area contributed by atoms with Gasteiger partial charge in [0.1, 0.15) is 0 Å². The van der Waals surface area contributed by atoms with Gasteiger partial charge in [0.05, 0.1) is 0 Å². The lowest BCUT2D eigenvalue weighted by molar-refractivity contribution is 0.103. The van der Waals surface area contributed by atoms with E-state index in [2.05, 4.69) is 6.92 Å². The van der Waals surface area contributed by atoms with Crippen LogP contribution >= 0.6 is 0 Å². The molecule has 0 saturated carbocycles. The van der Waals surface area contributed by atoms with E-state index in [0.717, 1.165) is 29.2 Å². The van der Waals surface area contributed by atoms with Crippen molar-refractivity contribution in [1.29, 1.82) is 0 Å². The van der Waals surface area contributed by atoms with Crippen molar-refractivity contribution in [3.8, 4) is 0 Å². The number of hydrogen-bond acceptors (Lipinski definition) is 3. The second kappa shape index (κ2) is 8.77. The average molecular weight is 328 g/mol. The van der Waals surface area contributed by atoms with Crippen molar-refractivity contribution < 1.29 is 13.6 Å². The third-order valence-electron chi connectivity index (χ3n) is 3.78. The van der Waals surface area contributed by atoms with Crippen LogP contribution in [0.25, 0.3) is 0 Å². The molecule has 2 rings (SSSR count). The number of carbonyl (C=O) groups is 1. The Bertz CT molecular complexity index is 640. The Balaban J connectivity index is 2.49. The lowest BCUT2D eigenvalue weighted by Gasteiger charge is -2.19. The Morgan fingerprint density at radius 1 is 1.04 bits per heavy atom. The third kappa shape index (κ3) is 4.16. The van der Waals surface area contributed by atoms with E-state index in [1.807, 2.05) is 55.5 Å². The first kappa shape index (κ1) is 17.6. The molecule has 0 aliphatic heterocycles. The molecule has 3 nitrogen and oxygen atoms in total. The Morgan fingerprint density at radius 2 is 1.78 bits per heavy atom. The second-order valence-corrected chi connectivity index (χ2v) is 7.43. The summed E-state index contributed by atoms with van der Waals surface area (Å²) in [6, 6.07) is 15.3. The van der Waals surface area contributed by atoms with Crippen LogP contribution in [0, 0.1) is 0 Å². The molecule has 0 spiro atoms. The zero-order valence-electron chi connectivity index (χ0n) is 14.0. The number of rotatable bonds is 8. The van der Waals surface area contributed by atoms with Crippen molar-refractivity contribution in [3.05, 3.63) is 65.2 Å². The van der Waals surface area contributed by atoms with Gasteiger partial charge >= 0.3 is 9.28 Å². The zero-order valence-corrected chi connectivity index (χ0v) is 15.2. The Labute approximate surface area is 140 Å². The first-order chi connectivity index (χ1) is 11.2. The molecule has 4 heteroatoms. The third-order valence-corrected chi connectivity index (χ3v) is 5.89. The lowest BCUT2D eigenvalue weighted by atomic mass is 9.96. The number of ketones is 1. The minimum atomic E-state index is -1.96. The summed E-state index contributed by atoms with van der Waals surface area (Å²) in [4.78, 5) is 12.9. The fraction of sp³-hybridized carbons (Fsp3) is 0.316. The summed E-state index contributed by atoms with van der Waals surface area (Å²) in [6.45, 7) is 4.71. The summed E-state index contributed by atoms with van der Waals surface area (Å²) in [7, 11) is -0.269. The normalized spacial score (nSPS) is 12.1. The maximum Gasteiger partial charge on any atom is 0.355 e. The number of carbonyl (C=O) groups excluding carboxylic acids is 1. The zero-order chi connectivity index (χ0) is 16.7. The summed E-state index contributed by atoms with van der Waals surface area (Å²) in [5.74, 6) is 0.0660. The molecule has 0 aliphatic rings. The highest BCUT2D eigenvalue weighted by Gasteiger charge is 2.23. The monoisotopic (exact) mass is 328 g/mol. The van der Waals surface area contributed by atoms with Gasteiger partial charge in [0, 0.05) is 24.8 Å². The summed E-state index contributed by atoms with van der Waals surface area (Å²) >= 11 is 0. The van der Waals surface area contributed by atoms with E-state index in [9.17, 15) is 4.79 Å². The molecule has 2 aromatic rings.